The molecule has 1 amide bonds. The van der Waals surface area contributed by atoms with E-state index in [0.29, 0.717) is 11.7 Å². The highest BCUT2D eigenvalue weighted by Crippen LogP contribution is 2.38. The van der Waals surface area contributed by atoms with Gasteiger partial charge in [-0.15, -0.1) is 0 Å². The van der Waals surface area contributed by atoms with Gasteiger partial charge in [0.05, 0.1) is 0 Å². The van der Waals surface area contributed by atoms with Crippen LogP contribution in [0.5, 0.6) is 0 Å². The SMILES string of the molecule is O=C(c1cc(Br)cn1C1CC1)N1CC=C(C(F)(F)F)CC1. The quantitative estimate of drug-likeness (QED) is 0.732. The molecule has 0 aromatic carbocycles. The molecule has 21 heavy (non-hydrogen) atoms. The van der Waals surface area contributed by atoms with Crippen molar-refractivity contribution in [2.24, 2.45) is 0 Å². The minimum Gasteiger partial charge on any atom is -0.339 e. The van der Waals surface area contributed by atoms with E-state index in [1.54, 1.807) is 6.07 Å². The molecule has 7 heteroatoms. The van der Waals surface area contributed by atoms with Crippen LogP contribution >= 0.6 is 15.9 Å². The summed E-state index contributed by atoms with van der Waals surface area (Å²) in [7, 11) is 0. The van der Waals surface area contributed by atoms with Crippen LogP contribution in [0, 0.1) is 0 Å². The number of aromatic nitrogens is 1. The van der Waals surface area contributed by atoms with Crippen LogP contribution in [0.2, 0.25) is 0 Å². The average Bonchev–Trinajstić information content (AvgIpc) is 3.20. The maximum absolute atomic E-state index is 12.6. The summed E-state index contributed by atoms with van der Waals surface area (Å²) in [6, 6.07) is 2.09. The van der Waals surface area contributed by atoms with Crippen molar-refractivity contribution in [3.63, 3.8) is 0 Å². The van der Waals surface area contributed by atoms with E-state index in [4.69, 9.17) is 0 Å². The smallest absolute Gasteiger partial charge is 0.339 e. The van der Waals surface area contributed by atoms with E-state index in [9.17, 15) is 18.0 Å². The number of hydrogen-bond donors (Lipinski definition) is 0. The van der Waals surface area contributed by atoms with Gasteiger partial charge in [-0.05, 0) is 41.3 Å². The third-order valence-electron chi connectivity index (χ3n) is 3.84. The van der Waals surface area contributed by atoms with Crippen LogP contribution in [0.25, 0.3) is 0 Å². The van der Waals surface area contributed by atoms with E-state index in [1.165, 1.54) is 4.90 Å². The Kier molecular flexibility index (Phi) is 3.63. The lowest BCUT2D eigenvalue weighted by Gasteiger charge is -2.27. The topological polar surface area (TPSA) is 25.2 Å². The summed E-state index contributed by atoms with van der Waals surface area (Å²) in [5.74, 6) is -0.204. The first-order valence-corrected chi connectivity index (χ1v) is 7.58. The number of hydrogen-bond acceptors (Lipinski definition) is 1. The Morgan fingerprint density at radius 3 is 2.57 bits per heavy atom. The van der Waals surface area contributed by atoms with Gasteiger partial charge in [-0.25, -0.2) is 0 Å². The second kappa shape index (κ2) is 5.19. The summed E-state index contributed by atoms with van der Waals surface area (Å²) in [6.07, 6.45) is 0.638. The molecule has 3 nitrogen and oxygen atoms in total. The lowest BCUT2D eigenvalue weighted by atomic mass is 10.1. The molecule has 0 unspecified atom stereocenters. The molecule has 0 bridgehead atoms. The lowest BCUT2D eigenvalue weighted by Crippen LogP contribution is -2.37. The van der Waals surface area contributed by atoms with E-state index >= 15 is 0 Å². The van der Waals surface area contributed by atoms with Gasteiger partial charge in [0.25, 0.3) is 5.91 Å². The molecule has 0 saturated heterocycles. The highest BCUT2D eigenvalue weighted by molar-refractivity contribution is 9.10. The minimum atomic E-state index is -4.29. The average molecular weight is 363 g/mol. The zero-order valence-corrected chi connectivity index (χ0v) is 12.7. The molecule has 1 aliphatic heterocycles. The van der Waals surface area contributed by atoms with Crippen molar-refractivity contribution >= 4 is 21.8 Å². The molecular formula is C14H14BrF3N2O. The molecule has 0 spiro atoms. The molecular weight excluding hydrogens is 349 g/mol. The van der Waals surface area contributed by atoms with Gasteiger partial charge in [-0.3, -0.25) is 4.79 Å². The van der Waals surface area contributed by atoms with Crippen molar-refractivity contribution in [1.82, 2.24) is 9.47 Å². The highest BCUT2D eigenvalue weighted by atomic mass is 79.9. The maximum atomic E-state index is 12.6. The Morgan fingerprint density at radius 2 is 2.05 bits per heavy atom. The summed E-state index contributed by atoms with van der Waals surface area (Å²) >= 11 is 3.35. The van der Waals surface area contributed by atoms with Gasteiger partial charge in [0, 0.05) is 35.4 Å². The summed E-state index contributed by atoms with van der Waals surface area (Å²) in [5.41, 5.74) is 0.0125. The Hall–Kier alpha value is -1.24. The minimum absolute atomic E-state index is 0.0150. The first kappa shape index (κ1) is 14.7. The zero-order chi connectivity index (χ0) is 15.2. The molecule has 3 rings (SSSR count). The molecule has 0 atom stereocenters. The van der Waals surface area contributed by atoms with E-state index in [0.717, 1.165) is 23.4 Å². The molecule has 1 aromatic rings. The highest BCUT2D eigenvalue weighted by Gasteiger charge is 2.36. The Labute approximate surface area is 128 Å². The fourth-order valence-electron chi connectivity index (χ4n) is 2.54. The summed E-state index contributed by atoms with van der Waals surface area (Å²) < 4.78 is 40.5. The van der Waals surface area contributed by atoms with Gasteiger partial charge in [-0.1, -0.05) is 6.08 Å². The lowest BCUT2D eigenvalue weighted by molar-refractivity contribution is -0.0957. The van der Waals surface area contributed by atoms with Gasteiger partial charge < -0.3 is 9.47 Å². The van der Waals surface area contributed by atoms with Gasteiger partial charge in [-0.2, -0.15) is 13.2 Å². The number of carbonyl (C=O) groups is 1. The number of nitrogens with zero attached hydrogens (tertiary/aromatic N) is 2. The van der Waals surface area contributed by atoms with Gasteiger partial charge >= 0.3 is 6.18 Å². The Bertz CT molecular complexity index is 602. The van der Waals surface area contributed by atoms with Crippen LogP contribution in [-0.4, -0.2) is 34.6 Å². The van der Waals surface area contributed by atoms with Crippen molar-refractivity contribution in [2.45, 2.75) is 31.5 Å². The predicted octanol–water partition coefficient (Wildman–Crippen LogP) is 3.92. The van der Waals surface area contributed by atoms with Crippen molar-refractivity contribution in [2.75, 3.05) is 13.1 Å². The van der Waals surface area contributed by atoms with E-state index in [1.807, 2.05) is 10.8 Å². The Morgan fingerprint density at radius 1 is 1.33 bits per heavy atom. The van der Waals surface area contributed by atoms with Crippen LogP contribution in [-0.2, 0) is 0 Å². The maximum Gasteiger partial charge on any atom is 0.412 e. The normalized spacial score (nSPS) is 19.6. The molecule has 0 N–H and O–H groups in total. The first-order valence-electron chi connectivity index (χ1n) is 6.79. The van der Waals surface area contributed by atoms with Crippen molar-refractivity contribution in [3.05, 3.63) is 34.1 Å². The van der Waals surface area contributed by atoms with Gasteiger partial charge in [0.1, 0.15) is 5.69 Å². The van der Waals surface area contributed by atoms with Gasteiger partial charge in [0.2, 0.25) is 0 Å². The molecule has 1 aliphatic carbocycles. The molecule has 0 radical (unpaired) electrons. The van der Waals surface area contributed by atoms with Crippen LogP contribution in [0.1, 0.15) is 35.8 Å². The molecule has 1 aromatic heterocycles. The fraction of sp³-hybridized carbons (Fsp3) is 0.500. The number of alkyl halides is 3. The Balaban J connectivity index is 1.77. The third kappa shape index (κ3) is 3.02. The molecule has 2 aliphatic rings. The number of halogens is 4. The summed E-state index contributed by atoms with van der Waals surface area (Å²) in [5, 5.41) is 0. The monoisotopic (exact) mass is 362 g/mol. The second-order valence-electron chi connectivity index (χ2n) is 5.41. The van der Waals surface area contributed by atoms with Crippen molar-refractivity contribution < 1.29 is 18.0 Å². The van der Waals surface area contributed by atoms with Crippen LogP contribution < -0.4 is 0 Å². The first-order chi connectivity index (χ1) is 9.86. The third-order valence-corrected chi connectivity index (χ3v) is 4.27. The van der Waals surface area contributed by atoms with Crippen molar-refractivity contribution in [3.8, 4) is 0 Å². The van der Waals surface area contributed by atoms with Crippen LogP contribution in [0.4, 0.5) is 13.2 Å². The van der Waals surface area contributed by atoms with E-state index in [2.05, 4.69) is 15.9 Å². The number of amides is 1. The zero-order valence-electron chi connectivity index (χ0n) is 11.2. The van der Waals surface area contributed by atoms with Crippen molar-refractivity contribution in [1.29, 1.82) is 0 Å². The van der Waals surface area contributed by atoms with Gasteiger partial charge in [0.15, 0.2) is 0 Å². The fourth-order valence-corrected chi connectivity index (χ4v) is 2.98. The summed E-state index contributed by atoms with van der Waals surface area (Å²) in [4.78, 5) is 14.0. The number of rotatable bonds is 2. The predicted molar refractivity (Wildman–Crippen MR) is 75.1 cm³/mol. The number of carbonyl (C=O) groups excluding carboxylic acids is 1. The summed E-state index contributed by atoms with van der Waals surface area (Å²) in [6.45, 7) is 0.124. The largest absolute Gasteiger partial charge is 0.412 e. The molecule has 114 valence electrons. The second-order valence-corrected chi connectivity index (χ2v) is 6.33. The molecule has 1 fully saturated rings. The van der Waals surface area contributed by atoms with E-state index in [-0.39, 0.29) is 25.4 Å². The van der Waals surface area contributed by atoms with Crippen LogP contribution in [0.3, 0.4) is 0 Å². The van der Waals surface area contributed by atoms with Crippen LogP contribution in [0.15, 0.2) is 28.4 Å². The molecule has 2 heterocycles. The van der Waals surface area contributed by atoms with E-state index < -0.39 is 11.7 Å². The molecule has 1 saturated carbocycles. The standard InChI is InChI=1S/C14H14BrF3N2O/c15-10-7-12(20(8-10)11-1-2-11)13(21)19-5-3-9(4-6-19)14(16,17)18/h3,7-8,11H,1-2,4-6H2.